The molecule has 0 atom stereocenters. The molecule has 4 aromatic rings. The van der Waals surface area contributed by atoms with Crippen LogP contribution < -0.4 is 4.74 Å². The third-order valence-corrected chi connectivity index (χ3v) is 4.80. The van der Waals surface area contributed by atoms with Crippen LogP contribution in [0.2, 0.25) is 0 Å². The van der Waals surface area contributed by atoms with E-state index in [0.29, 0.717) is 10.9 Å². The van der Waals surface area contributed by atoms with E-state index < -0.39 is 23.0 Å². The molecule has 0 aliphatic rings. The molecule has 0 aromatic heterocycles. The third kappa shape index (κ3) is 4.50. The van der Waals surface area contributed by atoms with Crippen LogP contribution in [0.25, 0.3) is 21.9 Å². The third-order valence-electron chi connectivity index (χ3n) is 4.80. The smallest absolute Gasteiger partial charge is 0.142 e. The Morgan fingerprint density at radius 3 is 2.19 bits per heavy atom. The highest BCUT2D eigenvalue weighted by Crippen LogP contribution is 2.29. The van der Waals surface area contributed by atoms with Crippen molar-refractivity contribution in [2.45, 2.75) is 0 Å². The van der Waals surface area contributed by atoms with Gasteiger partial charge in [-0.15, -0.1) is 0 Å². The second-order valence-electron chi connectivity index (χ2n) is 7.01. The van der Waals surface area contributed by atoms with E-state index in [0.717, 1.165) is 23.6 Å². The molecular weight excluding hydrogens is 416 g/mol. The zero-order valence-corrected chi connectivity index (χ0v) is 16.8. The summed E-state index contributed by atoms with van der Waals surface area (Å²) in [6.45, 7) is 3.73. The van der Waals surface area contributed by atoms with E-state index in [2.05, 4.69) is 18.4 Å². The van der Waals surface area contributed by atoms with Crippen LogP contribution in [0.5, 0.6) is 5.75 Å². The maximum atomic E-state index is 14.6. The maximum Gasteiger partial charge on any atom is 0.142 e. The number of rotatable bonds is 4. The number of halogens is 4. The minimum Gasteiger partial charge on any atom is -0.489 e. The topological polar surface area (TPSA) is 9.23 Å². The molecule has 0 saturated heterocycles. The van der Waals surface area contributed by atoms with Crippen LogP contribution in [-0.4, -0.2) is 6.61 Å². The van der Waals surface area contributed by atoms with E-state index in [1.165, 1.54) is 30.3 Å². The molecule has 32 heavy (non-hydrogen) atoms. The molecule has 4 aromatic carbocycles. The Morgan fingerprint density at radius 1 is 0.750 bits per heavy atom. The second kappa shape index (κ2) is 8.99. The van der Waals surface area contributed by atoms with Crippen molar-refractivity contribution in [2.24, 2.45) is 0 Å². The fourth-order valence-electron chi connectivity index (χ4n) is 3.25. The molecule has 0 unspecified atom stereocenters. The van der Waals surface area contributed by atoms with Gasteiger partial charge in [-0.2, -0.15) is 0 Å². The summed E-state index contributed by atoms with van der Waals surface area (Å²) in [5, 5.41) is 1.45. The second-order valence-corrected chi connectivity index (χ2v) is 7.01. The molecule has 0 aliphatic carbocycles. The lowest BCUT2D eigenvalue weighted by Crippen LogP contribution is -1.96. The van der Waals surface area contributed by atoms with Crippen LogP contribution in [0.1, 0.15) is 11.1 Å². The van der Waals surface area contributed by atoms with Crippen LogP contribution in [0.15, 0.2) is 79.4 Å². The van der Waals surface area contributed by atoms with Crippen molar-refractivity contribution in [1.29, 1.82) is 0 Å². The Kier molecular flexibility index (Phi) is 5.96. The molecule has 0 spiro atoms. The summed E-state index contributed by atoms with van der Waals surface area (Å²) in [5.74, 6) is 2.69. The average molecular weight is 432 g/mol. The van der Waals surface area contributed by atoms with Gasteiger partial charge in [-0.1, -0.05) is 36.6 Å². The Labute approximate surface area is 182 Å². The van der Waals surface area contributed by atoms with E-state index in [-0.39, 0.29) is 29.3 Å². The summed E-state index contributed by atoms with van der Waals surface area (Å²) < 4.78 is 62.3. The molecule has 0 amide bonds. The summed E-state index contributed by atoms with van der Waals surface area (Å²) in [5.41, 5.74) is 0.188. The predicted molar refractivity (Wildman–Crippen MR) is 117 cm³/mol. The van der Waals surface area contributed by atoms with Gasteiger partial charge < -0.3 is 4.74 Å². The molecule has 1 nitrogen and oxygen atoms in total. The summed E-state index contributed by atoms with van der Waals surface area (Å²) in [6.07, 6.45) is 1.52. The normalized spacial score (nSPS) is 10.5. The SMILES string of the molecule is C=CCOc1ccc(-c2cc(F)c(C#Cc3ccc4cc(F)ccc4c3)c(F)c2)c(F)c1. The number of ether oxygens (including phenoxy) is 1. The predicted octanol–water partition coefficient (Wildman–Crippen LogP) is 7.03. The Hall–Kier alpha value is -4.04. The van der Waals surface area contributed by atoms with Crippen molar-refractivity contribution in [3.05, 3.63) is 114 Å². The fraction of sp³-hybridized carbons (Fsp3) is 0.0370. The first kappa shape index (κ1) is 21.2. The molecule has 0 aliphatic heterocycles. The molecular formula is C27H16F4O. The Balaban J connectivity index is 1.64. The van der Waals surface area contributed by atoms with Gasteiger partial charge >= 0.3 is 0 Å². The molecule has 0 fully saturated rings. The molecule has 0 bridgehead atoms. The number of hydrogen-bond donors (Lipinski definition) is 0. The lowest BCUT2D eigenvalue weighted by Gasteiger charge is -2.08. The molecule has 4 rings (SSSR count). The number of fused-ring (bicyclic) bond motifs is 1. The van der Waals surface area contributed by atoms with Crippen molar-refractivity contribution in [2.75, 3.05) is 6.61 Å². The van der Waals surface area contributed by atoms with Crippen molar-refractivity contribution < 1.29 is 22.3 Å². The summed E-state index contributed by atoms with van der Waals surface area (Å²) in [4.78, 5) is 0. The Bertz CT molecular complexity index is 1370. The monoisotopic (exact) mass is 432 g/mol. The van der Waals surface area contributed by atoms with Gasteiger partial charge in [0.05, 0.1) is 5.56 Å². The highest BCUT2D eigenvalue weighted by atomic mass is 19.1. The summed E-state index contributed by atoms with van der Waals surface area (Å²) in [7, 11) is 0. The van der Waals surface area contributed by atoms with Gasteiger partial charge in [0.25, 0.3) is 0 Å². The van der Waals surface area contributed by atoms with Gasteiger partial charge in [0.1, 0.15) is 35.6 Å². The highest BCUT2D eigenvalue weighted by molar-refractivity contribution is 5.84. The van der Waals surface area contributed by atoms with E-state index in [9.17, 15) is 17.6 Å². The molecule has 0 N–H and O–H groups in total. The molecule has 158 valence electrons. The van der Waals surface area contributed by atoms with Crippen LogP contribution in [0.3, 0.4) is 0 Å². The van der Waals surface area contributed by atoms with Gasteiger partial charge in [0.15, 0.2) is 0 Å². The lowest BCUT2D eigenvalue weighted by atomic mass is 10.0. The Morgan fingerprint density at radius 2 is 1.47 bits per heavy atom. The molecule has 0 heterocycles. The molecule has 0 radical (unpaired) electrons. The summed E-state index contributed by atoms with van der Waals surface area (Å²) >= 11 is 0. The van der Waals surface area contributed by atoms with E-state index in [1.54, 1.807) is 24.3 Å². The summed E-state index contributed by atoms with van der Waals surface area (Å²) in [6, 6.07) is 15.5. The maximum absolute atomic E-state index is 14.6. The zero-order valence-electron chi connectivity index (χ0n) is 16.8. The first-order valence-corrected chi connectivity index (χ1v) is 9.68. The highest BCUT2D eigenvalue weighted by Gasteiger charge is 2.14. The van der Waals surface area contributed by atoms with Crippen molar-refractivity contribution in [3.63, 3.8) is 0 Å². The minimum atomic E-state index is -0.901. The minimum absolute atomic E-state index is 0.0371. The van der Waals surface area contributed by atoms with E-state index >= 15 is 0 Å². The van der Waals surface area contributed by atoms with Gasteiger partial charge in [-0.05, 0) is 64.9 Å². The largest absolute Gasteiger partial charge is 0.489 e. The number of benzene rings is 4. The van der Waals surface area contributed by atoms with Crippen molar-refractivity contribution in [1.82, 2.24) is 0 Å². The van der Waals surface area contributed by atoms with Gasteiger partial charge in [-0.25, -0.2) is 17.6 Å². The fourth-order valence-corrected chi connectivity index (χ4v) is 3.25. The van der Waals surface area contributed by atoms with Crippen molar-refractivity contribution in [3.8, 4) is 28.7 Å². The molecule has 0 saturated carbocycles. The van der Waals surface area contributed by atoms with Crippen molar-refractivity contribution >= 4 is 10.8 Å². The zero-order chi connectivity index (χ0) is 22.7. The number of hydrogen-bond acceptors (Lipinski definition) is 1. The first-order valence-electron chi connectivity index (χ1n) is 9.68. The quantitative estimate of drug-likeness (QED) is 0.191. The van der Waals surface area contributed by atoms with Crippen LogP contribution >= 0.6 is 0 Å². The van der Waals surface area contributed by atoms with Crippen LogP contribution in [0, 0.1) is 35.1 Å². The van der Waals surface area contributed by atoms with Gasteiger partial charge in [0, 0.05) is 17.2 Å². The van der Waals surface area contributed by atoms with E-state index in [4.69, 9.17) is 4.74 Å². The van der Waals surface area contributed by atoms with Gasteiger partial charge in [-0.3, -0.25) is 0 Å². The van der Waals surface area contributed by atoms with Crippen LogP contribution in [0.4, 0.5) is 17.6 Å². The molecule has 5 heteroatoms. The first-order chi connectivity index (χ1) is 15.4. The lowest BCUT2D eigenvalue weighted by molar-refractivity contribution is 0.361. The van der Waals surface area contributed by atoms with Gasteiger partial charge in [0.2, 0.25) is 0 Å². The standard InChI is InChI=1S/C27H16F4O/c1-2-11-32-22-8-10-23(27(31)16-22)20-14-25(29)24(26(30)15-20)9-4-17-3-5-19-13-21(28)7-6-18(19)12-17/h2-3,5-8,10,12-16H,1,11H2. The van der Waals surface area contributed by atoms with Crippen LogP contribution in [-0.2, 0) is 0 Å². The van der Waals surface area contributed by atoms with E-state index in [1.807, 2.05) is 0 Å². The average Bonchev–Trinajstić information content (AvgIpc) is 2.77.